The SMILES string of the molecule is Cc1ccc([O][Al]([O]c2ccc(C)cc2C(C)(C)C)[O]C(C)(C)C)c(C(C)(C)C)c1. The van der Waals surface area contributed by atoms with Gasteiger partial charge in [-0.15, -0.1) is 0 Å². The van der Waals surface area contributed by atoms with Crippen LogP contribution >= 0.6 is 0 Å². The van der Waals surface area contributed by atoms with E-state index in [4.69, 9.17) is 11.4 Å². The number of rotatable bonds is 5. The van der Waals surface area contributed by atoms with E-state index < -0.39 is 15.1 Å². The van der Waals surface area contributed by atoms with Crippen LogP contribution in [0.4, 0.5) is 0 Å². The fraction of sp³-hybridized carbons (Fsp3) is 0.538. The highest BCUT2D eigenvalue weighted by Gasteiger charge is 2.45. The van der Waals surface area contributed by atoms with E-state index in [2.05, 4.69) is 79.7 Å². The van der Waals surface area contributed by atoms with Crippen molar-refractivity contribution in [1.82, 2.24) is 0 Å². The van der Waals surface area contributed by atoms with Crippen molar-refractivity contribution in [3.05, 3.63) is 58.7 Å². The van der Waals surface area contributed by atoms with Crippen LogP contribution < -0.4 is 7.58 Å². The van der Waals surface area contributed by atoms with Crippen LogP contribution in [0.25, 0.3) is 0 Å². The lowest BCUT2D eigenvalue weighted by Crippen LogP contribution is -2.41. The summed E-state index contributed by atoms with van der Waals surface area (Å²) in [6.45, 7) is 23.6. The highest BCUT2D eigenvalue weighted by atomic mass is 27.3. The maximum absolute atomic E-state index is 6.50. The summed E-state index contributed by atoms with van der Waals surface area (Å²) in [6, 6.07) is 12.7. The largest absolute Gasteiger partial charge is 1.10 e. The Labute approximate surface area is 189 Å². The summed E-state index contributed by atoms with van der Waals surface area (Å²) in [7, 11) is 0. The molecule has 3 nitrogen and oxygen atoms in total. The Kier molecular flexibility index (Phi) is 7.40. The van der Waals surface area contributed by atoms with Gasteiger partial charge in [0.2, 0.25) is 0 Å². The van der Waals surface area contributed by atoms with E-state index in [-0.39, 0.29) is 16.4 Å². The zero-order chi connectivity index (χ0) is 22.9. The zero-order valence-electron chi connectivity index (χ0n) is 20.8. The van der Waals surface area contributed by atoms with Gasteiger partial charge in [0, 0.05) is 5.60 Å². The predicted octanol–water partition coefficient (Wildman–Crippen LogP) is 7.16. The number of benzene rings is 2. The molecule has 0 saturated heterocycles. The van der Waals surface area contributed by atoms with E-state index in [1.54, 1.807) is 0 Å². The van der Waals surface area contributed by atoms with Crippen molar-refractivity contribution in [2.24, 2.45) is 0 Å². The summed E-state index contributed by atoms with van der Waals surface area (Å²) >= 11 is -2.54. The molecule has 0 amide bonds. The Hall–Kier alpha value is -1.47. The molecular formula is C26H39AlO3. The number of aryl methyl sites for hydroxylation is 2. The summed E-state index contributed by atoms with van der Waals surface area (Å²) < 4.78 is 19.3. The standard InChI is InChI=1S/2C11H16O.C4H9O.Al/c2*1-8-5-6-10(12)9(7-8)11(2,3)4;1-4(2,3)5;/h2*5-7,12H,1-4H3;1-3H3;/q;;-1;+3/p-2. The third kappa shape index (κ3) is 7.05. The molecule has 0 aliphatic rings. The smallest absolute Gasteiger partial charge is 0.588 e. The molecule has 0 atom stereocenters. The van der Waals surface area contributed by atoms with Gasteiger partial charge in [0.15, 0.2) is 0 Å². The first-order chi connectivity index (χ1) is 13.6. The molecule has 0 N–H and O–H groups in total. The van der Waals surface area contributed by atoms with Crippen LogP contribution in [-0.4, -0.2) is 20.8 Å². The van der Waals surface area contributed by atoms with Crippen molar-refractivity contribution in [3.8, 4) is 11.5 Å². The fourth-order valence-corrected chi connectivity index (χ4v) is 4.78. The van der Waals surface area contributed by atoms with Crippen LogP contribution in [0.2, 0.25) is 0 Å². The number of hydrogen-bond acceptors (Lipinski definition) is 3. The second kappa shape index (κ2) is 8.95. The van der Waals surface area contributed by atoms with E-state index >= 15 is 0 Å². The van der Waals surface area contributed by atoms with Gasteiger partial charge in [-0.1, -0.05) is 76.9 Å². The van der Waals surface area contributed by atoms with Crippen molar-refractivity contribution < 1.29 is 11.4 Å². The van der Waals surface area contributed by atoms with Gasteiger partial charge in [-0.3, -0.25) is 0 Å². The molecule has 30 heavy (non-hydrogen) atoms. The lowest BCUT2D eigenvalue weighted by Gasteiger charge is -2.30. The van der Waals surface area contributed by atoms with Gasteiger partial charge in [0.1, 0.15) is 0 Å². The Balaban J connectivity index is 2.46. The second-order valence-corrected chi connectivity index (χ2v) is 12.5. The van der Waals surface area contributed by atoms with Crippen LogP contribution in [-0.2, 0) is 14.6 Å². The third-order valence-corrected chi connectivity index (χ3v) is 6.57. The summed E-state index contributed by atoms with van der Waals surface area (Å²) in [4.78, 5) is 0. The van der Waals surface area contributed by atoms with E-state index in [0.717, 1.165) is 11.5 Å². The predicted molar refractivity (Wildman–Crippen MR) is 128 cm³/mol. The summed E-state index contributed by atoms with van der Waals surface area (Å²) in [6.07, 6.45) is 0. The number of hydrogen-bond donors (Lipinski definition) is 0. The lowest BCUT2D eigenvalue weighted by atomic mass is 9.85. The molecular weight excluding hydrogens is 387 g/mol. The quantitative estimate of drug-likeness (QED) is 0.475. The summed E-state index contributed by atoms with van der Waals surface area (Å²) in [5.41, 5.74) is 4.33. The molecule has 0 heterocycles. The van der Waals surface area contributed by atoms with Crippen LogP contribution in [0.1, 0.15) is 84.6 Å². The molecule has 0 saturated carbocycles. The molecule has 0 aromatic heterocycles. The average molecular weight is 427 g/mol. The molecule has 2 rings (SSSR count). The molecule has 2 aromatic rings. The normalized spacial score (nSPS) is 12.6. The van der Waals surface area contributed by atoms with Gasteiger partial charge >= 0.3 is 15.1 Å². The Morgan fingerprint density at radius 2 is 0.967 bits per heavy atom. The van der Waals surface area contributed by atoms with E-state index in [9.17, 15) is 0 Å². The zero-order valence-corrected chi connectivity index (χ0v) is 21.9. The van der Waals surface area contributed by atoms with Gasteiger partial charge in [-0.05, 0) is 68.7 Å². The van der Waals surface area contributed by atoms with Crippen LogP contribution in [0.5, 0.6) is 11.5 Å². The highest BCUT2D eigenvalue weighted by molar-refractivity contribution is 6.38. The van der Waals surface area contributed by atoms with Gasteiger partial charge in [-0.2, -0.15) is 0 Å². The lowest BCUT2D eigenvalue weighted by molar-refractivity contribution is 0.0733. The van der Waals surface area contributed by atoms with E-state index in [1.165, 1.54) is 22.3 Å². The molecule has 0 radical (unpaired) electrons. The minimum absolute atomic E-state index is 0.0392. The molecule has 4 heteroatoms. The van der Waals surface area contributed by atoms with Crippen LogP contribution in [0.3, 0.4) is 0 Å². The Morgan fingerprint density at radius 3 is 1.27 bits per heavy atom. The first-order valence-electron chi connectivity index (χ1n) is 10.8. The highest BCUT2D eigenvalue weighted by Crippen LogP contribution is 2.35. The van der Waals surface area contributed by atoms with Gasteiger partial charge in [0.05, 0.1) is 11.5 Å². The van der Waals surface area contributed by atoms with Crippen molar-refractivity contribution >= 4 is 15.1 Å². The van der Waals surface area contributed by atoms with Gasteiger partial charge < -0.3 is 11.4 Å². The van der Waals surface area contributed by atoms with Crippen molar-refractivity contribution in [1.29, 1.82) is 0 Å². The molecule has 0 aliphatic carbocycles. The van der Waals surface area contributed by atoms with Crippen LogP contribution in [0, 0.1) is 13.8 Å². The first kappa shape index (κ1) is 24.8. The molecule has 0 fully saturated rings. The van der Waals surface area contributed by atoms with Gasteiger partial charge in [0.25, 0.3) is 0 Å². The summed E-state index contributed by atoms with van der Waals surface area (Å²) in [5.74, 6) is 1.69. The maximum atomic E-state index is 6.50. The maximum Gasteiger partial charge on any atom is 1.10 e. The molecule has 0 aliphatic heterocycles. The van der Waals surface area contributed by atoms with Crippen molar-refractivity contribution in [2.45, 2.75) is 92.6 Å². The first-order valence-corrected chi connectivity index (χ1v) is 12.2. The van der Waals surface area contributed by atoms with Crippen molar-refractivity contribution in [3.63, 3.8) is 0 Å². The fourth-order valence-electron chi connectivity index (χ4n) is 3.23. The average Bonchev–Trinajstić information content (AvgIpc) is 2.54. The van der Waals surface area contributed by atoms with Gasteiger partial charge in [-0.25, -0.2) is 0 Å². The topological polar surface area (TPSA) is 27.7 Å². The third-order valence-electron chi connectivity index (χ3n) is 4.78. The molecule has 164 valence electrons. The minimum Gasteiger partial charge on any atom is -0.588 e. The Bertz CT molecular complexity index is 802. The van der Waals surface area contributed by atoms with E-state index in [1.807, 2.05) is 32.9 Å². The molecule has 2 aromatic carbocycles. The van der Waals surface area contributed by atoms with Crippen molar-refractivity contribution in [2.75, 3.05) is 0 Å². The van der Waals surface area contributed by atoms with Crippen LogP contribution in [0.15, 0.2) is 36.4 Å². The van der Waals surface area contributed by atoms with E-state index in [0.29, 0.717) is 0 Å². The monoisotopic (exact) mass is 426 g/mol. The minimum atomic E-state index is -2.54. The Morgan fingerprint density at radius 1 is 0.600 bits per heavy atom. The summed E-state index contributed by atoms with van der Waals surface area (Å²) in [5, 5.41) is 0. The molecule has 0 spiro atoms. The second-order valence-electron chi connectivity index (χ2n) is 11.3. The molecule has 0 unspecified atom stereocenters. The molecule has 0 bridgehead atoms.